The van der Waals surface area contributed by atoms with Gasteiger partial charge < -0.3 is 5.32 Å². The van der Waals surface area contributed by atoms with Crippen LogP contribution in [-0.4, -0.2) is 4.98 Å². The van der Waals surface area contributed by atoms with Gasteiger partial charge in [-0.1, -0.05) is 34.1 Å². The minimum Gasteiger partial charge on any atom is -0.363 e. The van der Waals surface area contributed by atoms with E-state index in [1.807, 2.05) is 31.2 Å². The van der Waals surface area contributed by atoms with Crippen LogP contribution in [0.3, 0.4) is 0 Å². The first-order valence-corrected chi connectivity index (χ1v) is 6.09. The van der Waals surface area contributed by atoms with Crippen LogP contribution in [-0.2, 0) is 0 Å². The fourth-order valence-corrected chi connectivity index (χ4v) is 1.81. The lowest BCUT2D eigenvalue weighted by Gasteiger charge is -2.14. The zero-order valence-electron chi connectivity index (χ0n) is 9.32. The summed E-state index contributed by atoms with van der Waals surface area (Å²) in [6, 6.07) is 12.8. The maximum absolute atomic E-state index is 12.9. The molecule has 2 nitrogen and oxygen atoms in total. The van der Waals surface area contributed by atoms with Crippen LogP contribution in [0.4, 0.5) is 10.2 Å². The Bertz CT molecular complexity index is 499. The SMILES string of the molecule is CC(Nc1cccc(F)n1)c1ccc(Br)cc1. The Morgan fingerprint density at radius 3 is 2.53 bits per heavy atom. The van der Waals surface area contributed by atoms with Gasteiger partial charge in [-0.3, -0.25) is 0 Å². The van der Waals surface area contributed by atoms with E-state index in [1.165, 1.54) is 6.07 Å². The standard InChI is InChI=1S/C13H12BrFN2/c1-9(10-5-7-11(14)8-6-10)16-13-4-2-3-12(15)17-13/h2-9H,1H3,(H,16,17). The molecule has 1 unspecified atom stereocenters. The molecule has 88 valence electrons. The van der Waals surface area contributed by atoms with Crippen LogP contribution in [0.15, 0.2) is 46.9 Å². The lowest BCUT2D eigenvalue weighted by Crippen LogP contribution is -2.08. The molecule has 0 aliphatic rings. The molecule has 4 heteroatoms. The topological polar surface area (TPSA) is 24.9 Å². The largest absolute Gasteiger partial charge is 0.363 e. The van der Waals surface area contributed by atoms with Gasteiger partial charge in [0.25, 0.3) is 0 Å². The van der Waals surface area contributed by atoms with E-state index in [1.54, 1.807) is 12.1 Å². The molecule has 0 saturated carbocycles. The third-order valence-corrected chi connectivity index (χ3v) is 2.98. The quantitative estimate of drug-likeness (QED) is 0.860. The van der Waals surface area contributed by atoms with Crippen molar-refractivity contribution in [2.45, 2.75) is 13.0 Å². The lowest BCUT2D eigenvalue weighted by molar-refractivity contribution is 0.584. The second-order valence-corrected chi connectivity index (χ2v) is 4.68. The molecule has 1 N–H and O–H groups in total. The van der Waals surface area contributed by atoms with E-state index in [4.69, 9.17) is 0 Å². The molecule has 1 heterocycles. The van der Waals surface area contributed by atoms with Crippen molar-refractivity contribution in [2.75, 3.05) is 5.32 Å². The second-order valence-electron chi connectivity index (χ2n) is 3.76. The van der Waals surface area contributed by atoms with Crippen molar-refractivity contribution >= 4 is 21.7 Å². The summed E-state index contributed by atoms with van der Waals surface area (Å²) in [5.41, 5.74) is 1.12. The maximum atomic E-state index is 12.9. The van der Waals surface area contributed by atoms with Crippen molar-refractivity contribution in [2.24, 2.45) is 0 Å². The molecule has 0 spiro atoms. The molecular weight excluding hydrogens is 283 g/mol. The van der Waals surface area contributed by atoms with Crippen LogP contribution in [0.5, 0.6) is 0 Å². The number of anilines is 1. The van der Waals surface area contributed by atoms with Gasteiger partial charge in [0.2, 0.25) is 5.95 Å². The fourth-order valence-electron chi connectivity index (χ4n) is 1.55. The van der Waals surface area contributed by atoms with Gasteiger partial charge in [-0.05, 0) is 36.8 Å². The van der Waals surface area contributed by atoms with Gasteiger partial charge >= 0.3 is 0 Å². The summed E-state index contributed by atoms with van der Waals surface area (Å²) in [6.45, 7) is 2.01. The monoisotopic (exact) mass is 294 g/mol. The Balaban J connectivity index is 2.11. The molecule has 2 rings (SSSR count). The van der Waals surface area contributed by atoms with Crippen molar-refractivity contribution in [1.29, 1.82) is 0 Å². The smallest absolute Gasteiger partial charge is 0.214 e. The molecule has 0 bridgehead atoms. The van der Waals surface area contributed by atoms with E-state index in [2.05, 4.69) is 26.2 Å². The molecule has 0 aliphatic carbocycles. The van der Waals surface area contributed by atoms with Crippen LogP contribution in [0.2, 0.25) is 0 Å². The van der Waals surface area contributed by atoms with Crippen molar-refractivity contribution in [3.63, 3.8) is 0 Å². The first-order chi connectivity index (χ1) is 8.15. The van der Waals surface area contributed by atoms with Crippen LogP contribution in [0, 0.1) is 5.95 Å². The number of pyridine rings is 1. The summed E-state index contributed by atoms with van der Waals surface area (Å²) in [5.74, 6) is 0.0680. The number of aromatic nitrogens is 1. The van der Waals surface area contributed by atoms with Gasteiger partial charge in [0.1, 0.15) is 5.82 Å². The normalized spacial score (nSPS) is 12.2. The molecule has 0 fully saturated rings. The number of halogens is 2. The summed E-state index contributed by atoms with van der Waals surface area (Å²) < 4.78 is 14.0. The Kier molecular flexibility index (Phi) is 3.74. The van der Waals surface area contributed by atoms with Crippen LogP contribution in [0.25, 0.3) is 0 Å². The van der Waals surface area contributed by atoms with Gasteiger partial charge in [-0.25, -0.2) is 4.98 Å². The number of hydrogen-bond acceptors (Lipinski definition) is 2. The van der Waals surface area contributed by atoms with Crippen molar-refractivity contribution < 1.29 is 4.39 Å². The Hall–Kier alpha value is -1.42. The number of hydrogen-bond donors (Lipinski definition) is 1. The molecule has 0 aliphatic heterocycles. The highest BCUT2D eigenvalue weighted by Gasteiger charge is 2.06. The van der Waals surface area contributed by atoms with E-state index in [0.29, 0.717) is 5.82 Å². The highest BCUT2D eigenvalue weighted by Crippen LogP contribution is 2.20. The number of nitrogens with zero attached hydrogens (tertiary/aromatic N) is 1. The molecule has 1 aromatic heterocycles. The molecular formula is C13H12BrFN2. The van der Waals surface area contributed by atoms with E-state index >= 15 is 0 Å². The average Bonchev–Trinajstić information content (AvgIpc) is 2.29. The molecule has 1 aromatic carbocycles. The Morgan fingerprint density at radius 1 is 1.18 bits per heavy atom. The maximum Gasteiger partial charge on any atom is 0.214 e. The predicted molar refractivity (Wildman–Crippen MR) is 70.4 cm³/mol. The number of rotatable bonds is 3. The van der Waals surface area contributed by atoms with E-state index < -0.39 is 5.95 Å². The minimum absolute atomic E-state index is 0.0809. The fraction of sp³-hybridized carbons (Fsp3) is 0.154. The van der Waals surface area contributed by atoms with E-state index in [0.717, 1.165) is 10.0 Å². The van der Waals surface area contributed by atoms with Crippen LogP contribution in [0.1, 0.15) is 18.5 Å². The van der Waals surface area contributed by atoms with Gasteiger partial charge in [0.15, 0.2) is 0 Å². The molecule has 0 amide bonds. The lowest BCUT2D eigenvalue weighted by atomic mass is 10.1. The minimum atomic E-state index is -0.474. The zero-order valence-corrected chi connectivity index (χ0v) is 10.9. The molecule has 0 saturated heterocycles. The third kappa shape index (κ3) is 3.27. The summed E-state index contributed by atoms with van der Waals surface area (Å²) >= 11 is 3.39. The summed E-state index contributed by atoms with van der Waals surface area (Å²) in [6.07, 6.45) is 0. The van der Waals surface area contributed by atoms with Crippen molar-refractivity contribution in [1.82, 2.24) is 4.98 Å². The van der Waals surface area contributed by atoms with E-state index in [-0.39, 0.29) is 6.04 Å². The van der Waals surface area contributed by atoms with Crippen LogP contribution >= 0.6 is 15.9 Å². The summed E-state index contributed by atoms with van der Waals surface area (Å²) in [7, 11) is 0. The first kappa shape index (κ1) is 12.0. The van der Waals surface area contributed by atoms with Gasteiger partial charge in [0.05, 0.1) is 0 Å². The predicted octanol–water partition coefficient (Wildman–Crippen LogP) is 4.16. The highest BCUT2D eigenvalue weighted by atomic mass is 79.9. The second kappa shape index (κ2) is 5.27. The summed E-state index contributed by atoms with van der Waals surface area (Å²) in [4.78, 5) is 3.77. The first-order valence-electron chi connectivity index (χ1n) is 5.30. The van der Waals surface area contributed by atoms with Crippen LogP contribution < -0.4 is 5.32 Å². The number of benzene rings is 1. The zero-order chi connectivity index (χ0) is 12.3. The molecule has 17 heavy (non-hydrogen) atoms. The van der Waals surface area contributed by atoms with Crippen molar-refractivity contribution in [3.05, 3.63) is 58.4 Å². The van der Waals surface area contributed by atoms with Gasteiger partial charge in [-0.15, -0.1) is 0 Å². The van der Waals surface area contributed by atoms with Gasteiger partial charge in [-0.2, -0.15) is 4.39 Å². The highest BCUT2D eigenvalue weighted by molar-refractivity contribution is 9.10. The van der Waals surface area contributed by atoms with Gasteiger partial charge in [0, 0.05) is 10.5 Å². The average molecular weight is 295 g/mol. The Labute approximate surface area is 108 Å². The molecule has 0 radical (unpaired) electrons. The summed E-state index contributed by atoms with van der Waals surface area (Å²) in [5, 5.41) is 3.15. The van der Waals surface area contributed by atoms with Crippen molar-refractivity contribution in [3.8, 4) is 0 Å². The molecule has 1 atom stereocenters. The third-order valence-electron chi connectivity index (χ3n) is 2.45. The van der Waals surface area contributed by atoms with E-state index in [9.17, 15) is 4.39 Å². The number of nitrogens with one attached hydrogen (secondary N) is 1. The molecule has 2 aromatic rings. The Morgan fingerprint density at radius 2 is 1.88 bits per heavy atom.